The van der Waals surface area contributed by atoms with Gasteiger partial charge in [0.2, 0.25) is 10.0 Å². The Kier molecular flexibility index (Phi) is 6.65. The first-order chi connectivity index (χ1) is 11.4. The Bertz CT molecular complexity index is 692. The lowest BCUT2D eigenvalue weighted by Crippen LogP contribution is -2.42. The van der Waals surface area contributed by atoms with Crippen LogP contribution in [-0.4, -0.2) is 45.0 Å². The first kappa shape index (κ1) is 19.2. The van der Waals surface area contributed by atoms with Crippen LogP contribution in [0.1, 0.15) is 26.7 Å². The minimum Gasteiger partial charge on any atom is -0.493 e. The summed E-state index contributed by atoms with van der Waals surface area (Å²) in [5.41, 5.74) is 0. The second-order valence-corrected chi connectivity index (χ2v) is 8.27. The zero-order valence-corrected chi connectivity index (χ0v) is 16.2. The first-order valence-corrected chi connectivity index (χ1v) is 10.2. The van der Waals surface area contributed by atoms with Crippen molar-refractivity contribution in [1.82, 2.24) is 4.31 Å². The smallest absolute Gasteiger partial charge is 0.310 e. The number of sulfonamides is 1. The molecule has 6 nitrogen and oxygen atoms in total. The highest BCUT2D eigenvalue weighted by atomic mass is 79.9. The Morgan fingerprint density at radius 3 is 2.75 bits per heavy atom. The predicted molar refractivity (Wildman–Crippen MR) is 93.4 cm³/mol. The Morgan fingerprint density at radius 1 is 1.33 bits per heavy atom. The van der Waals surface area contributed by atoms with E-state index in [1.54, 1.807) is 13.0 Å². The predicted octanol–water partition coefficient (Wildman–Crippen LogP) is 2.81. The van der Waals surface area contributed by atoms with Crippen molar-refractivity contribution in [2.75, 3.05) is 26.3 Å². The number of halogens is 1. The van der Waals surface area contributed by atoms with E-state index < -0.39 is 15.9 Å². The van der Waals surface area contributed by atoms with Gasteiger partial charge in [0.25, 0.3) is 0 Å². The molecule has 0 bridgehead atoms. The van der Waals surface area contributed by atoms with Crippen molar-refractivity contribution >= 4 is 31.9 Å². The maximum absolute atomic E-state index is 12.9. The Morgan fingerprint density at radius 2 is 2.08 bits per heavy atom. The normalized spacial score (nSPS) is 19.0. The molecule has 1 fully saturated rings. The fourth-order valence-corrected chi connectivity index (χ4v) is 4.57. The van der Waals surface area contributed by atoms with Gasteiger partial charge < -0.3 is 9.47 Å². The van der Waals surface area contributed by atoms with E-state index >= 15 is 0 Å². The number of rotatable bonds is 6. The molecule has 1 unspecified atom stereocenters. The van der Waals surface area contributed by atoms with E-state index in [0.29, 0.717) is 42.8 Å². The number of carbonyl (C=O) groups excluding carboxylic acids is 1. The molecule has 24 heavy (non-hydrogen) atoms. The molecule has 0 N–H and O–H groups in total. The van der Waals surface area contributed by atoms with Crippen LogP contribution in [0.15, 0.2) is 27.6 Å². The van der Waals surface area contributed by atoms with E-state index in [2.05, 4.69) is 15.9 Å². The summed E-state index contributed by atoms with van der Waals surface area (Å²) < 4.78 is 38.3. The number of hydrogen-bond donors (Lipinski definition) is 0. The Hall–Kier alpha value is -1.12. The van der Waals surface area contributed by atoms with Crippen molar-refractivity contribution in [3.8, 4) is 5.75 Å². The minimum atomic E-state index is -3.68. The van der Waals surface area contributed by atoms with Crippen LogP contribution in [0.2, 0.25) is 0 Å². The monoisotopic (exact) mass is 419 g/mol. The summed E-state index contributed by atoms with van der Waals surface area (Å²) in [5, 5.41) is 0. The Balaban J connectivity index is 2.23. The zero-order valence-electron chi connectivity index (χ0n) is 13.8. The molecule has 1 aromatic carbocycles. The van der Waals surface area contributed by atoms with Crippen molar-refractivity contribution in [3.05, 3.63) is 22.7 Å². The number of piperidine rings is 1. The fraction of sp³-hybridized carbons (Fsp3) is 0.562. The maximum Gasteiger partial charge on any atom is 0.310 e. The summed E-state index contributed by atoms with van der Waals surface area (Å²) in [5.74, 6) is -0.254. The summed E-state index contributed by atoms with van der Waals surface area (Å²) >= 11 is 3.35. The van der Waals surface area contributed by atoms with Crippen LogP contribution >= 0.6 is 15.9 Å². The highest BCUT2D eigenvalue weighted by Crippen LogP contribution is 2.31. The number of hydrogen-bond acceptors (Lipinski definition) is 5. The summed E-state index contributed by atoms with van der Waals surface area (Å²) in [6, 6.07) is 4.71. The molecule has 8 heteroatoms. The molecule has 1 aliphatic heterocycles. The van der Waals surface area contributed by atoms with Crippen LogP contribution in [0.4, 0.5) is 0 Å². The molecule has 0 radical (unpaired) electrons. The van der Waals surface area contributed by atoms with E-state index in [-0.39, 0.29) is 17.4 Å². The molecule has 1 heterocycles. The first-order valence-electron chi connectivity index (χ1n) is 7.99. The van der Waals surface area contributed by atoms with Crippen LogP contribution in [0.5, 0.6) is 5.75 Å². The molecule has 134 valence electrons. The summed E-state index contributed by atoms with van der Waals surface area (Å²) in [6.45, 7) is 4.87. The van der Waals surface area contributed by atoms with Crippen LogP contribution in [-0.2, 0) is 19.6 Å². The van der Waals surface area contributed by atoms with Gasteiger partial charge in [0, 0.05) is 19.2 Å². The minimum absolute atomic E-state index is 0.154. The van der Waals surface area contributed by atoms with Gasteiger partial charge >= 0.3 is 5.97 Å². The molecule has 0 spiro atoms. The molecular formula is C16H22BrNO5S. The van der Waals surface area contributed by atoms with Crippen LogP contribution < -0.4 is 4.74 Å². The molecule has 1 aromatic rings. The fourth-order valence-electron chi connectivity index (χ4n) is 2.67. The van der Waals surface area contributed by atoms with E-state index in [1.807, 2.05) is 6.92 Å². The number of carbonyl (C=O) groups is 1. The van der Waals surface area contributed by atoms with Crippen LogP contribution in [0.25, 0.3) is 0 Å². The van der Waals surface area contributed by atoms with Gasteiger partial charge in [-0.15, -0.1) is 0 Å². The zero-order chi connectivity index (χ0) is 17.7. The number of nitrogens with zero attached hydrogens (tertiary/aromatic N) is 1. The van der Waals surface area contributed by atoms with Gasteiger partial charge in [-0.2, -0.15) is 4.31 Å². The van der Waals surface area contributed by atoms with Gasteiger partial charge in [-0.05, 0) is 54.8 Å². The van der Waals surface area contributed by atoms with Crippen LogP contribution in [0.3, 0.4) is 0 Å². The summed E-state index contributed by atoms with van der Waals surface area (Å²) in [4.78, 5) is 12.1. The van der Waals surface area contributed by atoms with Gasteiger partial charge in [0.05, 0.1) is 28.5 Å². The third-order valence-electron chi connectivity index (χ3n) is 3.84. The van der Waals surface area contributed by atoms with Crippen molar-refractivity contribution < 1.29 is 22.7 Å². The van der Waals surface area contributed by atoms with Crippen molar-refractivity contribution in [3.63, 3.8) is 0 Å². The lowest BCUT2D eigenvalue weighted by atomic mass is 10.0. The highest BCUT2D eigenvalue weighted by Gasteiger charge is 2.34. The molecule has 0 amide bonds. The lowest BCUT2D eigenvalue weighted by Gasteiger charge is -2.30. The SMILES string of the molecule is CCOC(=O)C1CCCN(S(=O)(=O)c2ccc(Br)c(OCC)c2)C1. The number of benzene rings is 1. The largest absolute Gasteiger partial charge is 0.493 e. The number of ether oxygens (including phenoxy) is 2. The molecule has 1 saturated heterocycles. The summed E-state index contributed by atoms with van der Waals surface area (Å²) in [6.07, 6.45) is 1.28. The van der Waals surface area contributed by atoms with E-state index in [0.717, 1.165) is 0 Å². The molecule has 1 atom stereocenters. The maximum atomic E-state index is 12.9. The van der Waals surface area contributed by atoms with E-state index in [1.165, 1.54) is 16.4 Å². The third-order valence-corrected chi connectivity index (χ3v) is 6.36. The summed E-state index contributed by atoms with van der Waals surface area (Å²) in [7, 11) is -3.68. The standard InChI is InChI=1S/C16H22BrNO5S/c1-3-22-15-10-13(7-8-14(15)17)24(20,21)18-9-5-6-12(11-18)16(19)23-4-2/h7-8,10,12H,3-6,9,11H2,1-2H3. The molecule has 2 rings (SSSR count). The Labute approximate surface area is 151 Å². The lowest BCUT2D eigenvalue weighted by molar-refractivity contribution is -0.149. The average Bonchev–Trinajstić information content (AvgIpc) is 2.57. The van der Waals surface area contributed by atoms with Crippen molar-refractivity contribution in [2.24, 2.45) is 5.92 Å². The third kappa shape index (κ3) is 4.29. The van der Waals surface area contributed by atoms with Gasteiger partial charge in [0.1, 0.15) is 5.75 Å². The van der Waals surface area contributed by atoms with E-state index in [9.17, 15) is 13.2 Å². The molecule has 0 aliphatic carbocycles. The molecule has 0 aromatic heterocycles. The molecule has 1 aliphatic rings. The van der Waals surface area contributed by atoms with Gasteiger partial charge in [-0.25, -0.2) is 8.42 Å². The van der Waals surface area contributed by atoms with Crippen molar-refractivity contribution in [1.29, 1.82) is 0 Å². The second-order valence-electron chi connectivity index (χ2n) is 5.48. The van der Waals surface area contributed by atoms with E-state index in [4.69, 9.17) is 9.47 Å². The van der Waals surface area contributed by atoms with Gasteiger partial charge in [-0.3, -0.25) is 4.79 Å². The second kappa shape index (κ2) is 8.31. The topological polar surface area (TPSA) is 72.9 Å². The number of esters is 1. The quantitative estimate of drug-likeness (QED) is 0.662. The van der Waals surface area contributed by atoms with Gasteiger partial charge in [-0.1, -0.05) is 0 Å². The van der Waals surface area contributed by atoms with Crippen LogP contribution in [0, 0.1) is 5.92 Å². The average molecular weight is 420 g/mol. The molecule has 0 saturated carbocycles. The van der Waals surface area contributed by atoms with Gasteiger partial charge in [0.15, 0.2) is 0 Å². The van der Waals surface area contributed by atoms with Crippen molar-refractivity contribution in [2.45, 2.75) is 31.6 Å². The molecular weight excluding hydrogens is 398 g/mol. The highest BCUT2D eigenvalue weighted by molar-refractivity contribution is 9.10.